The Morgan fingerprint density at radius 2 is 1.96 bits per heavy atom. The van der Waals surface area contributed by atoms with Gasteiger partial charge in [0.15, 0.2) is 11.5 Å². The van der Waals surface area contributed by atoms with E-state index in [9.17, 15) is 8.42 Å². The summed E-state index contributed by atoms with van der Waals surface area (Å²) in [7, 11) is -1.96. The highest BCUT2D eigenvalue weighted by Gasteiger charge is 2.16. The van der Waals surface area contributed by atoms with Crippen LogP contribution in [0.5, 0.6) is 11.5 Å². The number of benzene rings is 1. The van der Waals surface area contributed by atoms with Gasteiger partial charge < -0.3 is 9.47 Å². The molecule has 2 rings (SSSR count). The van der Waals surface area contributed by atoms with Gasteiger partial charge in [-0.25, -0.2) is 13.1 Å². The Balaban J connectivity index is 2.11. The van der Waals surface area contributed by atoms with Gasteiger partial charge in [-0.15, -0.1) is 11.3 Å². The number of sulfonamides is 1. The van der Waals surface area contributed by atoms with Crippen LogP contribution in [0.1, 0.15) is 19.4 Å². The Labute approximate surface area is 148 Å². The molecule has 0 radical (unpaired) electrons. The Kier molecular flexibility index (Phi) is 6.07. The number of rotatable bonds is 7. The first-order valence-corrected chi connectivity index (χ1v) is 9.99. The van der Waals surface area contributed by atoms with Crippen LogP contribution in [0, 0.1) is 0 Å². The summed E-state index contributed by atoms with van der Waals surface area (Å²) < 4.78 is 39.0. The predicted molar refractivity (Wildman–Crippen MR) is 94.8 cm³/mol. The lowest BCUT2D eigenvalue weighted by molar-refractivity contribution is 0.230. The van der Waals surface area contributed by atoms with E-state index in [0.717, 1.165) is 9.35 Å². The molecule has 0 aliphatic rings. The standard InChI is InChI=1S/C15H18BrNO4S2/c1-10(2)21-12-5-4-11(8-13(12)20-3)9-17-23(18,19)15-7-6-14(16)22-15/h4-8,10,17H,9H2,1-3H3. The molecular formula is C15H18BrNO4S2. The van der Waals surface area contributed by atoms with E-state index in [-0.39, 0.29) is 16.9 Å². The minimum Gasteiger partial charge on any atom is -0.493 e. The molecule has 126 valence electrons. The van der Waals surface area contributed by atoms with E-state index in [0.29, 0.717) is 11.5 Å². The predicted octanol–water partition coefficient (Wildman–Crippen LogP) is 3.78. The Bertz CT molecular complexity index is 772. The maximum Gasteiger partial charge on any atom is 0.250 e. The molecule has 1 heterocycles. The molecule has 0 unspecified atom stereocenters. The van der Waals surface area contributed by atoms with Crippen LogP contribution in [0.25, 0.3) is 0 Å². The Morgan fingerprint density at radius 1 is 1.22 bits per heavy atom. The van der Waals surface area contributed by atoms with Crippen LogP contribution in [0.4, 0.5) is 0 Å². The van der Waals surface area contributed by atoms with Gasteiger partial charge in [-0.2, -0.15) is 0 Å². The minimum atomic E-state index is -3.52. The lowest BCUT2D eigenvalue weighted by Gasteiger charge is -2.14. The molecule has 5 nitrogen and oxygen atoms in total. The van der Waals surface area contributed by atoms with Crippen molar-refractivity contribution in [3.05, 3.63) is 39.7 Å². The molecule has 23 heavy (non-hydrogen) atoms. The molecule has 0 saturated carbocycles. The second-order valence-electron chi connectivity index (χ2n) is 5.03. The summed E-state index contributed by atoms with van der Waals surface area (Å²) in [5.41, 5.74) is 0.789. The van der Waals surface area contributed by atoms with E-state index >= 15 is 0 Å². The third-order valence-electron chi connectivity index (χ3n) is 2.87. The second-order valence-corrected chi connectivity index (χ2v) is 9.49. The van der Waals surface area contributed by atoms with Crippen LogP contribution < -0.4 is 14.2 Å². The molecule has 0 saturated heterocycles. The van der Waals surface area contributed by atoms with Crippen LogP contribution in [-0.2, 0) is 16.6 Å². The zero-order valence-corrected chi connectivity index (χ0v) is 16.2. The van der Waals surface area contributed by atoms with E-state index in [1.165, 1.54) is 11.3 Å². The topological polar surface area (TPSA) is 64.6 Å². The average molecular weight is 420 g/mol. The fourth-order valence-electron chi connectivity index (χ4n) is 1.86. The molecule has 1 N–H and O–H groups in total. The van der Waals surface area contributed by atoms with Crippen molar-refractivity contribution in [1.82, 2.24) is 4.72 Å². The van der Waals surface area contributed by atoms with Crippen LogP contribution in [0.2, 0.25) is 0 Å². The SMILES string of the molecule is COc1cc(CNS(=O)(=O)c2ccc(Br)s2)ccc1OC(C)C. The molecular weight excluding hydrogens is 402 g/mol. The first-order chi connectivity index (χ1) is 10.8. The lowest BCUT2D eigenvalue weighted by Crippen LogP contribution is -2.22. The molecule has 0 atom stereocenters. The largest absolute Gasteiger partial charge is 0.493 e. The van der Waals surface area contributed by atoms with Gasteiger partial charge in [-0.3, -0.25) is 0 Å². The van der Waals surface area contributed by atoms with Gasteiger partial charge in [0.1, 0.15) is 4.21 Å². The summed E-state index contributed by atoms with van der Waals surface area (Å²) >= 11 is 4.43. The summed E-state index contributed by atoms with van der Waals surface area (Å²) in [6.45, 7) is 4.04. The number of thiophene rings is 1. The summed E-state index contributed by atoms with van der Waals surface area (Å²) in [5.74, 6) is 1.21. The van der Waals surface area contributed by atoms with E-state index < -0.39 is 10.0 Å². The van der Waals surface area contributed by atoms with Crippen molar-refractivity contribution in [3.63, 3.8) is 0 Å². The van der Waals surface area contributed by atoms with Gasteiger partial charge in [0.2, 0.25) is 10.0 Å². The molecule has 0 amide bonds. The normalized spacial score (nSPS) is 11.7. The molecule has 1 aromatic heterocycles. The fourth-order valence-corrected chi connectivity index (χ4v) is 4.94. The van der Waals surface area contributed by atoms with Crippen LogP contribution in [0.15, 0.2) is 38.3 Å². The van der Waals surface area contributed by atoms with E-state index in [1.807, 2.05) is 19.9 Å². The van der Waals surface area contributed by atoms with Crippen molar-refractivity contribution in [2.45, 2.75) is 30.7 Å². The van der Waals surface area contributed by atoms with E-state index in [2.05, 4.69) is 20.7 Å². The van der Waals surface area contributed by atoms with Gasteiger partial charge in [0.05, 0.1) is 17.0 Å². The highest BCUT2D eigenvalue weighted by molar-refractivity contribution is 9.11. The zero-order valence-electron chi connectivity index (χ0n) is 13.0. The van der Waals surface area contributed by atoms with Crippen LogP contribution in [0.3, 0.4) is 0 Å². The first kappa shape index (κ1) is 18.3. The van der Waals surface area contributed by atoms with Gasteiger partial charge in [-0.1, -0.05) is 6.07 Å². The van der Waals surface area contributed by atoms with Gasteiger partial charge >= 0.3 is 0 Å². The Hall–Kier alpha value is -1.09. The van der Waals surface area contributed by atoms with Crippen molar-refractivity contribution in [3.8, 4) is 11.5 Å². The molecule has 8 heteroatoms. The summed E-state index contributed by atoms with van der Waals surface area (Å²) in [4.78, 5) is 0. The zero-order chi connectivity index (χ0) is 17.0. The third kappa shape index (κ3) is 4.94. The molecule has 0 fully saturated rings. The van der Waals surface area contributed by atoms with E-state index in [4.69, 9.17) is 9.47 Å². The van der Waals surface area contributed by atoms with E-state index in [1.54, 1.807) is 31.4 Å². The third-order valence-corrected chi connectivity index (χ3v) is 6.39. The van der Waals surface area contributed by atoms with Crippen molar-refractivity contribution >= 4 is 37.3 Å². The summed E-state index contributed by atoms with van der Waals surface area (Å²) in [6, 6.07) is 8.64. The van der Waals surface area contributed by atoms with Gasteiger partial charge in [0.25, 0.3) is 0 Å². The maximum atomic E-state index is 12.2. The van der Waals surface area contributed by atoms with Gasteiger partial charge in [0, 0.05) is 6.54 Å². The van der Waals surface area contributed by atoms with Crippen molar-refractivity contribution < 1.29 is 17.9 Å². The van der Waals surface area contributed by atoms with Gasteiger partial charge in [-0.05, 0) is 59.6 Å². The summed E-state index contributed by atoms with van der Waals surface area (Å²) in [6.07, 6.45) is 0.0329. The van der Waals surface area contributed by atoms with Crippen LogP contribution >= 0.6 is 27.3 Å². The first-order valence-electron chi connectivity index (χ1n) is 6.90. The molecule has 0 aliphatic carbocycles. The molecule has 0 aliphatic heterocycles. The summed E-state index contributed by atoms with van der Waals surface area (Å²) in [5, 5.41) is 0. The second kappa shape index (κ2) is 7.65. The van der Waals surface area contributed by atoms with Crippen molar-refractivity contribution in [2.75, 3.05) is 7.11 Å². The molecule has 0 spiro atoms. The average Bonchev–Trinajstić information content (AvgIpc) is 2.93. The van der Waals surface area contributed by atoms with Crippen molar-refractivity contribution in [1.29, 1.82) is 0 Å². The van der Waals surface area contributed by atoms with Crippen molar-refractivity contribution in [2.24, 2.45) is 0 Å². The smallest absolute Gasteiger partial charge is 0.250 e. The minimum absolute atomic E-state index is 0.0329. The molecule has 1 aromatic carbocycles. The number of hydrogen-bond donors (Lipinski definition) is 1. The highest BCUT2D eigenvalue weighted by Crippen LogP contribution is 2.29. The molecule has 0 bridgehead atoms. The van der Waals surface area contributed by atoms with Crippen LogP contribution in [-0.4, -0.2) is 21.6 Å². The highest BCUT2D eigenvalue weighted by atomic mass is 79.9. The molecule has 2 aromatic rings. The quantitative estimate of drug-likeness (QED) is 0.741. The Morgan fingerprint density at radius 3 is 2.52 bits per heavy atom. The maximum absolute atomic E-state index is 12.2. The monoisotopic (exact) mass is 419 g/mol. The lowest BCUT2D eigenvalue weighted by atomic mass is 10.2. The number of halogens is 1. The fraction of sp³-hybridized carbons (Fsp3) is 0.333. The number of nitrogens with one attached hydrogen (secondary N) is 1. The number of methoxy groups -OCH3 is 1. The number of hydrogen-bond acceptors (Lipinski definition) is 5. The number of ether oxygens (including phenoxy) is 2.